The molecule has 0 aromatic carbocycles. The van der Waals surface area contributed by atoms with Crippen LogP contribution in [0.2, 0.25) is 5.02 Å². The van der Waals surface area contributed by atoms with E-state index < -0.39 is 5.97 Å². The molecule has 0 atom stereocenters. The van der Waals surface area contributed by atoms with Crippen LogP contribution in [0.1, 0.15) is 15.9 Å². The number of nitrogens with one attached hydrogen (secondary N) is 1. The topological polar surface area (TPSA) is 84.3 Å². The van der Waals surface area contributed by atoms with Crippen molar-refractivity contribution in [2.75, 3.05) is 12.4 Å². The lowest BCUT2D eigenvalue weighted by atomic mass is 10.2. The Kier molecular flexibility index (Phi) is 4.37. The largest absolute Gasteiger partial charge is 0.481 e. The third-order valence-corrected chi connectivity index (χ3v) is 2.97. The van der Waals surface area contributed by atoms with Gasteiger partial charge in [-0.15, -0.1) is 0 Å². The number of aromatic nitrogens is 2. The Morgan fingerprint density at radius 1 is 1.40 bits per heavy atom. The summed E-state index contributed by atoms with van der Waals surface area (Å²) in [5, 5.41) is 12.0. The molecule has 104 valence electrons. The number of nitrogens with zero attached hydrogens (tertiary/aromatic N) is 2. The fourth-order valence-electron chi connectivity index (χ4n) is 1.59. The van der Waals surface area contributed by atoms with Crippen molar-refractivity contribution in [3.8, 4) is 5.88 Å². The van der Waals surface area contributed by atoms with E-state index in [0.29, 0.717) is 18.2 Å². The van der Waals surface area contributed by atoms with Crippen LogP contribution in [-0.2, 0) is 6.54 Å². The summed E-state index contributed by atoms with van der Waals surface area (Å²) in [5.41, 5.74) is 0.923. The van der Waals surface area contributed by atoms with E-state index in [1.807, 2.05) is 6.07 Å². The van der Waals surface area contributed by atoms with Crippen LogP contribution in [0.15, 0.2) is 30.6 Å². The molecular formula is C13H12ClN3O3. The average Bonchev–Trinajstić information content (AvgIpc) is 2.46. The van der Waals surface area contributed by atoms with Crippen LogP contribution in [0.4, 0.5) is 5.82 Å². The zero-order valence-corrected chi connectivity index (χ0v) is 11.4. The summed E-state index contributed by atoms with van der Waals surface area (Å²) < 4.78 is 5.02. The van der Waals surface area contributed by atoms with Gasteiger partial charge in [-0.3, -0.25) is 0 Å². The predicted molar refractivity (Wildman–Crippen MR) is 74.3 cm³/mol. The molecule has 2 rings (SSSR count). The van der Waals surface area contributed by atoms with Crippen molar-refractivity contribution >= 4 is 23.4 Å². The minimum atomic E-state index is -1.09. The molecule has 6 nitrogen and oxygen atoms in total. The van der Waals surface area contributed by atoms with E-state index in [1.54, 1.807) is 12.3 Å². The SMILES string of the molecule is COc1cc(CNc2nccc(C(=O)O)c2Cl)ccn1. The third-order valence-electron chi connectivity index (χ3n) is 2.59. The fourth-order valence-corrected chi connectivity index (χ4v) is 1.85. The Hall–Kier alpha value is -2.34. The highest BCUT2D eigenvalue weighted by atomic mass is 35.5. The molecular weight excluding hydrogens is 282 g/mol. The minimum Gasteiger partial charge on any atom is -0.481 e. The first-order valence-corrected chi connectivity index (χ1v) is 6.10. The number of anilines is 1. The molecule has 7 heteroatoms. The minimum absolute atomic E-state index is 0.0106. The van der Waals surface area contributed by atoms with Gasteiger partial charge in [-0.25, -0.2) is 14.8 Å². The van der Waals surface area contributed by atoms with Crippen LogP contribution < -0.4 is 10.1 Å². The Balaban J connectivity index is 2.14. The number of hydrogen-bond acceptors (Lipinski definition) is 5. The van der Waals surface area contributed by atoms with Crippen LogP contribution in [0.3, 0.4) is 0 Å². The number of hydrogen-bond donors (Lipinski definition) is 2. The predicted octanol–water partition coefficient (Wildman–Crippen LogP) is 2.45. The maximum atomic E-state index is 11.0. The third kappa shape index (κ3) is 3.16. The zero-order valence-electron chi connectivity index (χ0n) is 10.6. The fraction of sp³-hybridized carbons (Fsp3) is 0.154. The highest BCUT2D eigenvalue weighted by Gasteiger charge is 2.12. The molecule has 2 aromatic rings. The van der Waals surface area contributed by atoms with Crippen molar-refractivity contribution < 1.29 is 14.6 Å². The molecule has 0 amide bonds. The number of rotatable bonds is 5. The average molecular weight is 294 g/mol. The molecule has 0 aliphatic carbocycles. The number of methoxy groups -OCH3 is 1. The number of ether oxygens (including phenoxy) is 1. The number of carbonyl (C=O) groups is 1. The number of halogens is 1. The number of carboxylic acid groups (broad SMARTS) is 1. The maximum Gasteiger partial charge on any atom is 0.337 e. The smallest absolute Gasteiger partial charge is 0.337 e. The molecule has 20 heavy (non-hydrogen) atoms. The summed E-state index contributed by atoms with van der Waals surface area (Å²) in [4.78, 5) is 19.0. The molecule has 2 N–H and O–H groups in total. The molecule has 2 aromatic heterocycles. The van der Waals surface area contributed by atoms with Gasteiger partial charge in [0.2, 0.25) is 5.88 Å². The van der Waals surface area contributed by atoms with Crippen LogP contribution in [0, 0.1) is 0 Å². The summed E-state index contributed by atoms with van der Waals surface area (Å²) in [6.07, 6.45) is 3.02. The molecule has 0 aliphatic rings. The summed E-state index contributed by atoms with van der Waals surface area (Å²) in [6.45, 7) is 0.425. The van der Waals surface area contributed by atoms with Gasteiger partial charge < -0.3 is 15.2 Å². The molecule has 0 saturated heterocycles. The van der Waals surface area contributed by atoms with Crippen molar-refractivity contribution in [1.82, 2.24) is 9.97 Å². The highest BCUT2D eigenvalue weighted by molar-refractivity contribution is 6.35. The number of carboxylic acids is 1. The van der Waals surface area contributed by atoms with E-state index in [1.165, 1.54) is 19.4 Å². The second-order valence-corrected chi connectivity index (χ2v) is 4.26. The van der Waals surface area contributed by atoms with Crippen LogP contribution in [0.25, 0.3) is 0 Å². The van der Waals surface area contributed by atoms with Gasteiger partial charge in [0.1, 0.15) is 5.82 Å². The first kappa shape index (κ1) is 14.1. The molecule has 0 spiro atoms. The Bertz CT molecular complexity index is 634. The van der Waals surface area contributed by atoms with E-state index >= 15 is 0 Å². The monoisotopic (exact) mass is 293 g/mol. The van der Waals surface area contributed by atoms with Crippen molar-refractivity contribution in [3.63, 3.8) is 0 Å². The summed E-state index contributed by atoms with van der Waals surface area (Å²) >= 11 is 5.99. The normalized spacial score (nSPS) is 10.1. The highest BCUT2D eigenvalue weighted by Crippen LogP contribution is 2.24. The van der Waals surface area contributed by atoms with Gasteiger partial charge in [-0.05, 0) is 17.7 Å². The lowest BCUT2D eigenvalue weighted by molar-refractivity contribution is 0.0697. The first-order chi connectivity index (χ1) is 9.61. The molecule has 0 aliphatic heterocycles. The molecule has 2 heterocycles. The summed E-state index contributed by atoms with van der Waals surface area (Å²) in [6, 6.07) is 4.93. The molecule has 0 fully saturated rings. The standard InChI is InChI=1S/C13H12ClN3O3/c1-20-10-6-8(2-4-15-10)7-17-12-11(14)9(13(18)19)3-5-16-12/h2-6H,7H2,1H3,(H,16,17)(H,18,19). The second kappa shape index (κ2) is 6.21. The summed E-state index contributed by atoms with van der Waals surface area (Å²) in [5.74, 6) is -0.268. The molecule has 0 saturated carbocycles. The van der Waals surface area contributed by atoms with E-state index in [-0.39, 0.29) is 10.6 Å². The lowest BCUT2D eigenvalue weighted by Crippen LogP contribution is -2.06. The van der Waals surface area contributed by atoms with Crippen molar-refractivity contribution in [2.24, 2.45) is 0 Å². The van der Waals surface area contributed by atoms with Gasteiger partial charge in [0.15, 0.2) is 0 Å². The van der Waals surface area contributed by atoms with Crippen LogP contribution in [0.5, 0.6) is 5.88 Å². The number of aromatic carboxylic acids is 1. The van der Waals surface area contributed by atoms with Gasteiger partial charge >= 0.3 is 5.97 Å². The maximum absolute atomic E-state index is 11.0. The van der Waals surface area contributed by atoms with Crippen LogP contribution in [-0.4, -0.2) is 28.2 Å². The van der Waals surface area contributed by atoms with Gasteiger partial charge in [0.25, 0.3) is 0 Å². The van der Waals surface area contributed by atoms with Crippen molar-refractivity contribution in [3.05, 3.63) is 46.7 Å². The second-order valence-electron chi connectivity index (χ2n) is 3.89. The summed E-state index contributed by atoms with van der Waals surface area (Å²) in [7, 11) is 1.54. The number of pyridine rings is 2. The lowest BCUT2D eigenvalue weighted by Gasteiger charge is -2.09. The zero-order chi connectivity index (χ0) is 14.5. The van der Waals surface area contributed by atoms with E-state index in [2.05, 4.69) is 15.3 Å². The van der Waals surface area contributed by atoms with Crippen molar-refractivity contribution in [2.45, 2.75) is 6.54 Å². The van der Waals surface area contributed by atoms with E-state index in [0.717, 1.165) is 5.56 Å². The van der Waals surface area contributed by atoms with Gasteiger partial charge in [-0.2, -0.15) is 0 Å². The van der Waals surface area contributed by atoms with Crippen LogP contribution >= 0.6 is 11.6 Å². The Labute approximate surface area is 120 Å². The Morgan fingerprint density at radius 2 is 2.15 bits per heavy atom. The van der Waals surface area contributed by atoms with E-state index in [9.17, 15) is 4.79 Å². The van der Waals surface area contributed by atoms with Gasteiger partial charge in [-0.1, -0.05) is 11.6 Å². The molecule has 0 bridgehead atoms. The van der Waals surface area contributed by atoms with E-state index in [4.69, 9.17) is 21.4 Å². The van der Waals surface area contributed by atoms with Gasteiger partial charge in [0.05, 0.1) is 17.7 Å². The quantitative estimate of drug-likeness (QED) is 0.881. The molecule has 0 radical (unpaired) electrons. The van der Waals surface area contributed by atoms with Gasteiger partial charge in [0, 0.05) is 25.0 Å². The molecule has 0 unspecified atom stereocenters. The Morgan fingerprint density at radius 3 is 2.85 bits per heavy atom. The first-order valence-electron chi connectivity index (χ1n) is 5.72. The van der Waals surface area contributed by atoms with Crippen molar-refractivity contribution in [1.29, 1.82) is 0 Å².